The molecule has 3 N–H and O–H groups in total. The summed E-state index contributed by atoms with van der Waals surface area (Å²) in [4.78, 5) is 0. The van der Waals surface area contributed by atoms with Gasteiger partial charge in [0.2, 0.25) is 0 Å². The van der Waals surface area contributed by atoms with Crippen molar-refractivity contribution in [3.8, 4) is 11.1 Å². The monoisotopic (exact) mass is 306 g/mol. The summed E-state index contributed by atoms with van der Waals surface area (Å²) >= 11 is 0. The van der Waals surface area contributed by atoms with Gasteiger partial charge in [0.05, 0.1) is 6.61 Å². The van der Waals surface area contributed by atoms with Gasteiger partial charge in [0.1, 0.15) is 12.2 Å². The van der Waals surface area contributed by atoms with Gasteiger partial charge in [-0.15, -0.1) is 0 Å². The van der Waals surface area contributed by atoms with Gasteiger partial charge in [-0.1, -0.05) is 48.5 Å². The Hall–Kier alpha value is -2.20. The van der Waals surface area contributed by atoms with Crippen molar-refractivity contribution >= 4 is 10.8 Å². The summed E-state index contributed by atoms with van der Waals surface area (Å²) in [5.41, 5.74) is 5.00. The molecule has 0 bridgehead atoms. The number of hydrogen-bond acceptors (Lipinski definition) is 3. The maximum Gasteiger partial charge on any atom is 0.110 e. The highest BCUT2D eigenvalue weighted by atomic mass is 16.3. The van der Waals surface area contributed by atoms with Crippen LogP contribution in [0.3, 0.4) is 0 Å². The lowest BCUT2D eigenvalue weighted by molar-refractivity contribution is 0.0147. The number of aliphatic hydroxyl groups is 3. The molecular formula is C20H18O3. The van der Waals surface area contributed by atoms with E-state index in [0.717, 1.165) is 33.0 Å². The standard InChI is InChI=1S/C20H18O3/c1-11-12-6-2-3-7-13(12)16(10-21)18-17(11)14-8-4-5-9-15(14)19(22)20(18)23/h2-9,19-23H,10H2,1H3. The van der Waals surface area contributed by atoms with Crippen molar-refractivity contribution in [1.82, 2.24) is 0 Å². The predicted octanol–water partition coefficient (Wildman–Crippen LogP) is 3.39. The van der Waals surface area contributed by atoms with Crippen LogP contribution in [0.5, 0.6) is 0 Å². The molecule has 3 heteroatoms. The second-order valence-corrected chi connectivity index (χ2v) is 6.07. The third kappa shape index (κ3) is 1.88. The van der Waals surface area contributed by atoms with Gasteiger partial charge in [-0.25, -0.2) is 0 Å². The van der Waals surface area contributed by atoms with Crippen LogP contribution in [0.25, 0.3) is 21.9 Å². The first-order chi connectivity index (χ1) is 11.1. The smallest absolute Gasteiger partial charge is 0.110 e. The molecule has 3 aromatic rings. The molecule has 2 atom stereocenters. The zero-order valence-electron chi connectivity index (χ0n) is 12.8. The summed E-state index contributed by atoms with van der Waals surface area (Å²) in [6.45, 7) is 1.86. The molecule has 0 spiro atoms. The molecule has 0 heterocycles. The number of benzene rings is 3. The molecule has 2 unspecified atom stereocenters. The largest absolute Gasteiger partial charge is 0.392 e. The normalized spacial score (nSPS) is 19.5. The Bertz CT molecular complexity index is 914. The summed E-state index contributed by atoms with van der Waals surface area (Å²) in [6.07, 6.45) is -2.02. The van der Waals surface area contributed by atoms with Crippen LogP contribution in [0.15, 0.2) is 48.5 Å². The van der Waals surface area contributed by atoms with Crippen LogP contribution in [0, 0.1) is 6.92 Å². The molecule has 0 saturated carbocycles. The fourth-order valence-corrected chi connectivity index (χ4v) is 3.86. The first-order valence-electron chi connectivity index (χ1n) is 7.75. The van der Waals surface area contributed by atoms with E-state index >= 15 is 0 Å². The van der Waals surface area contributed by atoms with E-state index in [1.807, 2.05) is 55.5 Å². The highest BCUT2D eigenvalue weighted by molar-refractivity contribution is 5.97. The van der Waals surface area contributed by atoms with Crippen molar-refractivity contribution in [2.75, 3.05) is 0 Å². The fraction of sp³-hybridized carbons (Fsp3) is 0.200. The second-order valence-electron chi connectivity index (χ2n) is 6.07. The molecule has 0 fully saturated rings. The van der Waals surface area contributed by atoms with Gasteiger partial charge < -0.3 is 15.3 Å². The van der Waals surface area contributed by atoms with Crippen molar-refractivity contribution in [3.63, 3.8) is 0 Å². The summed E-state index contributed by atoms with van der Waals surface area (Å²) in [7, 11) is 0. The average molecular weight is 306 g/mol. The van der Waals surface area contributed by atoms with Crippen LogP contribution in [-0.2, 0) is 6.61 Å². The summed E-state index contributed by atoms with van der Waals surface area (Å²) < 4.78 is 0. The minimum atomic E-state index is -1.04. The Labute approximate surface area is 134 Å². The predicted molar refractivity (Wildman–Crippen MR) is 90.0 cm³/mol. The number of rotatable bonds is 1. The lowest BCUT2D eigenvalue weighted by Gasteiger charge is -2.33. The highest BCUT2D eigenvalue weighted by Crippen LogP contribution is 2.49. The number of aliphatic hydroxyl groups excluding tert-OH is 3. The van der Waals surface area contributed by atoms with E-state index in [1.165, 1.54) is 0 Å². The zero-order valence-corrected chi connectivity index (χ0v) is 12.8. The van der Waals surface area contributed by atoms with Crippen LogP contribution in [0.2, 0.25) is 0 Å². The van der Waals surface area contributed by atoms with Crippen molar-refractivity contribution < 1.29 is 15.3 Å². The molecule has 0 amide bonds. The molecule has 0 radical (unpaired) electrons. The lowest BCUT2D eigenvalue weighted by atomic mass is 9.76. The molecule has 1 aliphatic carbocycles. The molecule has 3 nitrogen and oxygen atoms in total. The van der Waals surface area contributed by atoms with E-state index in [0.29, 0.717) is 11.1 Å². The second kappa shape index (κ2) is 5.17. The maximum absolute atomic E-state index is 10.7. The van der Waals surface area contributed by atoms with E-state index in [-0.39, 0.29) is 6.61 Å². The van der Waals surface area contributed by atoms with Gasteiger partial charge in [0, 0.05) is 0 Å². The molecule has 1 aliphatic rings. The number of aryl methyl sites for hydroxylation is 1. The van der Waals surface area contributed by atoms with Gasteiger partial charge in [0.25, 0.3) is 0 Å². The summed E-state index contributed by atoms with van der Waals surface area (Å²) in [5.74, 6) is 0. The Morgan fingerprint density at radius 1 is 0.870 bits per heavy atom. The van der Waals surface area contributed by atoms with E-state index in [4.69, 9.17) is 0 Å². The first-order valence-corrected chi connectivity index (χ1v) is 7.75. The first kappa shape index (κ1) is 14.4. The van der Waals surface area contributed by atoms with Crippen molar-refractivity contribution in [1.29, 1.82) is 0 Å². The number of fused-ring (bicyclic) bond motifs is 4. The van der Waals surface area contributed by atoms with Gasteiger partial charge in [0.15, 0.2) is 0 Å². The number of hydrogen-bond donors (Lipinski definition) is 3. The zero-order chi connectivity index (χ0) is 16.1. The van der Waals surface area contributed by atoms with E-state index in [1.54, 1.807) is 0 Å². The summed E-state index contributed by atoms with van der Waals surface area (Å²) in [5, 5.41) is 33.2. The Morgan fingerprint density at radius 3 is 2.26 bits per heavy atom. The molecule has 0 aliphatic heterocycles. The quantitative estimate of drug-likeness (QED) is 0.646. The maximum atomic E-state index is 10.7. The van der Waals surface area contributed by atoms with Crippen molar-refractivity contribution in [3.05, 3.63) is 70.8 Å². The average Bonchev–Trinajstić information content (AvgIpc) is 2.59. The van der Waals surface area contributed by atoms with Crippen LogP contribution >= 0.6 is 0 Å². The lowest BCUT2D eigenvalue weighted by Crippen LogP contribution is -2.20. The Morgan fingerprint density at radius 2 is 1.52 bits per heavy atom. The van der Waals surface area contributed by atoms with Gasteiger partial charge in [-0.05, 0) is 51.1 Å². The molecular weight excluding hydrogens is 288 g/mol. The van der Waals surface area contributed by atoms with E-state index < -0.39 is 12.2 Å². The minimum Gasteiger partial charge on any atom is -0.392 e. The highest BCUT2D eigenvalue weighted by Gasteiger charge is 2.34. The van der Waals surface area contributed by atoms with Crippen LogP contribution in [0.4, 0.5) is 0 Å². The van der Waals surface area contributed by atoms with E-state index in [9.17, 15) is 15.3 Å². The van der Waals surface area contributed by atoms with Crippen LogP contribution < -0.4 is 0 Å². The third-order valence-electron chi connectivity index (χ3n) is 4.93. The molecule has 3 aromatic carbocycles. The van der Waals surface area contributed by atoms with Crippen molar-refractivity contribution in [2.24, 2.45) is 0 Å². The van der Waals surface area contributed by atoms with Gasteiger partial charge in [-0.2, -0.15) is 0 Å². The topological polar surface area (TPSA) is 60.7 Å². The summed E-state index contributed by atoms with van der Waals surface area (Å²) in [6, 6.07) is 15.5. The molecule has 116 valence electrons. The van der Waals surface area contributed by atoms with Crippen molar-refractivity contribution in [2.45, 2.75) is 25.7 Å². The van der Waals surface area contributed by atoms with Gasteiger partial charge >= 0.3 is 0 Å². The third-order valence-corrected chi connectivity index (χ3v) is 4.93. The Balaban J connectivity index is 2.22. The van der Waals surface area contributed by atoms with E-state index in [2.05, 4.69) is 0 Å². The molecule has 4 rings (SSSR count). The van der Waals surface area contributed by atoms with Gasteiger partial charge in [-0.3, -0.25) is 0 Å². The fourth-order valence-electron chi connectivity index (χ4n) is 3.86. The van der Waals surface area contributed by atoms with Crippen LogP contribution in [0.1, 0.15) is 34.5 Å². The molecule has 0 aromatic heterocycles. The molecule has 0 saturated heterocycles. The molecule has 23 heavy (non-hydrogen) atoms. The Kier molecular flexibility index (Phi) is 3.23. The van der Waals surface area contributed by atoms with Crippen LogP contribution in [-0.4, -0.2) is 15.3 Å². The SMILES string of the molecule is Cc1c2c(c(CO)c3ccccc13)C(O)C(O)c1ccccc1-2. The minimum absolute atomic E-state index is 0.172.